The minimum Gasteiger partial charge on any atom is -0.497 e. The molecule has 1 saturated carbocycles. The minimum absolute atomic E-state index is 0.190. The number of ether oxygens (including phenoxy) is 1. The van der Waals surface area contributed by atoms with Gasteiger partial charge >= 0.3 is 5.97 Å². The summed E-state index contributed by atoms with van der Waals surface area (Å²) >= 11 is 0. The normalized spacial score (nSPS) is 22.7. The highest BCUT2D eigenvalue weighted by Gasteiger charge is 2.41. The molecule has 1 aliphatic carbocycles. The highest BCUT2D eigenvalue weighted by molar-refractivity contribution is 5.66. The Morgan fingerprint density at radius 1 is 1.16 bits per heavy atom. The van der Waals surface area contributed by atoms with E-state index in [4.69, 9.17) is 9.84 Å². The molecule has 0 spiro atoms. The molecule has 166 valence electrons. The fraction of sp³-hybridized carbons (Fsp3) is 0.500. The smallest absolute Gasteiger partial charge is 0.304 e. The maximum absolute atomic E-state index is 11.0. The molecule has 0 aromatic heterocycles. The van der Waals surface area contributed by atoms with Crippen molar-refractivity contribution < 1.29 is 14.6 Å². The van der Waals surface area contributed by atoms with Gasteiger partial charge in [0.2, 0.25) is 0 Å². The number of nitrogens with one attached hydrogen (secondary N) is 1. The summed E-state index contributed by atoms with van der Waals surface area (Å²) in [7, 11) is 1.72. The Morgan fingerprint density at radius 3 is 2.65 bits per heavy atom. The van der Waals surface area contributed by atoms with E-state index < -0.39 is 5.97 Å². The quantitative estimate of drug-likeness (QED) is 0.607. The molecule has 2 aliphatic rings. The second-order valence-electron chi connectivity index (χ2n) is 9.25. The summed E-state index contributed by atoms with van der Waals surface area (Å²) in [6.45, 7) is 3.58. The Bertz CT molecular complexity index is 862. The van der Waals surface area contributed by atoms with E-state index in [1.807, 2.05) is 6.07 Å². The van der Waals surface area contributed by atoms with E-state index >= 15 is 0 Å². The van der Waals surface area contributed by atoms with E-state index in [1.54, 1.807) is 7.11 Å². The molecule has 2 fully saturated rings. The van der Waals surface area contributed by atoms with E-state index in [2.05, 4.69) is 58.7 Å². The SMILES string of the molecule is COc1cccc(CC2(CNC3CC3c3ccccc3)CCN(CCC(=O)O)CC2)c1. The first kappa shape index (κ1) is 21.8. The lowest BCUT2D eigenvalue weighted by atomic mass is 9.73. The molecule has 4 rings (SSSR count). The number of methoxy groups -OCH3 is 1. The van der Waals surface area contributed by atoms with Crippen LogP contribution in [0.5, 0.6) is 5.75 Å². The summed E-state index contributed by atoms with van der Waals surface area (Å²) in [6.07, 6.45) is 4.62. The molecular weight excluding hydrogens is 388 g/mol. The van der Waals surface area contributed by atoms with Crippen molar-refractivity contribution in [3.63, 3.8) is 0 Å². The number of benzene rings is 2. The Morgan fingerprint density at radius 2 is 1.94 bits per heavy atom. The number of hydrogen-bond donors (Lipinski definition) is 2. The van der Waals surface area contributed by atoms with Gasteiger partial charge < -0.3 is 20.1 Å². The number of likely N-dealkylation sites (tertiary alicyclic amines) is 1. The number of carbonyl (C=O) groups is 1. The third-order valence-electron chi connectivity index (χ3n) is 7.03. The van der Waals surface area contributed by atoms with E-state index in [0.717, 1.165) is 44.6 Å². The lowest BCUT2D eigenvalue weighted by Gasteiger charge is -2.42. The summed E-state index contributed by atoms with van der Waals surface area (Å²) in [5, 5.41) is 12.9. The van der Waals surface area contributed by atoms with E-state index in [1.165, 1.54) is 17.5 Å². The zero-order valence-electron chi connectivity index (χ0n) is 18.4. The molecule has 2 atom stereocenters. The molecule has 5 nitrogen and oxygen atoms in total. The fourth-order valence-corrected chi connectivity index (χ4v) is 4.97. The van der Waals surface area contributed by atoms with E-state index in [0.29, 0.717) is 18.5 Å². The fourth-order valence-electron chi connectivity index (χ4n) is 4.97. The van der Waals surface area contributed by atoms with Crippen LogP contribution >= 0.6 is 0 Å². The van der Waals surface area contributed by atoms with Crippen LogP contribution in [0.4, 0.5) is 0 Å². The van der Waals surface area contributed by atoms with Gasteiger partial charge in [-0.25, -0.2) is 0 Å². The number of piperidine rings is 1. The molecule has 1 heterocycles. The molecule has 2 aromatic rings. The van der Waals surface area contributed by atoms with E-state index in [9.17, 15) is 4.79 Å². The molecule has 2 aromatic carbocycles. The third kappa shape index (κ3) is 5.86. The van der Waals surface area contributed by atoms with Gasteiger partial charge in [0.05, 0.1) is 13.5 Å². The van der Waals surface area contributed by atoms with Crippen molar-refractivity contribution in [3.8, 4) is 5.75 Å². The average Bonchev–Trinajstić information content (AvgIpc) is 3.58. The lowest BCUT2D eigenvalue weighted by molar-refractivity contribution is -0.137. The van der Waals surface area contributed by atoms with Crippen molar-refractivity contribution in [2.24, 2.45) is 5.41 Å². The van der Waals surface area contributed by atoms with Gasteiger partial charge in [0.25, 0.3) is 0 Å². The van der Waals surface area contributed by atoms with Crippen molar-refractivity contribution in [2.75, 3.05) is 33.3 Å². The van der Waals surface area contributed by atoms with Gasteiger partial charge in [-0.05, 0) is 67.4 Å². The second kappa shape index (κ2) is 9.84. The summed E-state index contributed by atoms with van der Waals surface area (Å²) < 4.78 is 5.44. The van der Waals surface area contributed by atoms with Crippen LogP contribution in [0.3, 0.4) is 0 Å². The first-order chi connectivity index (χ1) is 15.1. The van der Waals surface area contributed by atoms with Crippen molar-refractivity contribution in [2.45, 2.75) is 44.1 Å². The molecule has 1 saturated heterocycles. The predicted octanol–water partition coefficient (Wildman–Crippen LogP) is 3.94. The first-order valence-corrected chi connectivity index (χ1v) is 11.4. The number of hydrogen-bond acceptors (Lipinski definition) is 4. The topological polar surface area (TPSA) is 61.8 Å². The van der Waals surface area contributed by atoms with Gasteiger partial charge in [-0.2, -0.15) is 0 Å². The Balaban J connectivity index is 1.40. The zero-order valence-corrected chi connectivity index (χ0v) is 18.4. The second-order valence-corrected chi connectivity index (χ2v) is 9.25. The Hall–Kier alpha value is -2.37. The van der Waals surface area contributed by atoms with E-state index in [-0.39, 0.29) is 11.8 Å². The van der Waals surface area contributed by atoms with Crippen molar-refractivity contribution >= 4 is 5.97 Å². The molecular formula is C26H34N2O3. The number of carboxylic acid groups (broad SMARTS) is 1. The maximum atomic E-state index is 11.0. The molecule has 0 bridgehead atoms. The summed E-state index contributed by atoms with van der Waals surface area (Å²) in [5.41, 5.74) is 2.94. The van der Waals surface area contributed by atoms with Crippen LogP contribution < -0.4 is 10.1 Å². The number of rotatable bonds is 10. The molecule has 5 heteroatoms. The van der Waals surface area contributed by atoms with Crippen molar-refractivity contribution in [1.29, 1.82) is 0 Å². The van der Waals surface area contributed by atoms with Gasteiger partial charge in [-0.15, -0.1) is 0 Å². The molecule has 0 radical (unpaired) electrons. The van der Waals surface area contributed by atoms with Crippen LogP contribution in [0.2, 0.25) is 0 Å². The molecule has 31 heavy (non-hydrogen) atoms. The van der Waals surface area contributed by atoms with Crippen LogP contribution in [0, 0.1) is 5.41 Å². The monoisotopic (exact) mass is 422 g/mol. The molecule has 0 amide bonds. The molecule has 1 aliphatic heterocycles. The van der Waals surface area contributed by atoms with Crippen molar-refractivity contribution in [3.05, 3.63) is 65.7 Å². The van der Waals surface area contributed by atoms with Gasteiger partial charge in [0.15, 0.2) is 0 Å². The van der Waals surface area contributed by atoms with Crippen LogP contribution in [0.15, 0.2) is 54.6 Å². The van der Waals surface area contributed by atoms with Crippen LogP contribution in [-0.4, -0.2) is 55.3 Å². The maximum Gasteiger partial charge on any atom is 0.304 e. The Labute approximate surface area is 185 Å². The summed E-state index contributed by atoms with van der Waals surface area (Å²) in [5.74, 6) is 0.826. The highest BCUT2D eigenvalue weighted by atomic mass is 16.5. The Kier molecular flexibility index (Phi) is 6.93. The molecule has 2 N–H and O–H groups in total. The van der Waals surface area contributed by atoms with Gasteiger partial charge in [0, 0.05) is 25.0 Å². The third-order valence-corrected chi connectivity index (χ3v) is 7.03. The van der Waals surface area contributed by atoms with Gasteiger partial charge in [-0.3, -0.25) is 4.79 Å². The number of nitrogens with zero attached hydrogens (tertiary/aromatic N) is 1. The van der Waals surface area contributed by atoms with Crippen molar-refractivity contribution in [1.82, 2.24) is 10.2 Å². The highest BCUT2D eigenvalue weighted by Crippen LogP contribution is 2.42. The van der Waals surface area contributed by atoms with Gasteiger partial charge in [-0.1, -0.05) is 42.5 Å². The first-order valence-electron chi connectivity index (χ1n) is 11.4. The molecule has 2 unspecified atom stereocenters. The van der Waals surface area contributed by atoms with Crippen LogP contribution in [-0.2, 0) is 11.2 Å². The lowest BCUT2D eigenvalue weighted by Crippen LogP contribution is -2.47. The minimum atomic E-state index is -0.712. The largest absolute Gasteiger partial charge is 0.497 e. The standard InChI is InChI=1S/C26H34N2O3/c1-31-22-9-5-6-20(16-22)18-26(11-14-28(15-12-26)13-10-25(29)30)19-27-24-17-23(24)21-7-3-2-4-8-21/h2-9,16,23-24,27H,10-15,17-19H2,1H3,(H,29,30). The summed E-state index contributed by atoms with van der Waals surface area (Å²) in [4.78, 5) is 13.3. The number of carboxylic acids is 1. The zero-order chi connectivity index (χ0) is 21.7. The van der Waals surface area contributed by atoms with Crippen LogP contribution in [0.25, 0.3) is 0 Å². The summed E-state index contributed by atoms with van der Waals surface area (Å²) in [6, 6.07) is 19.8. The number of aliphatic carboxylic acids is 1. The predicted molar refractivity (Wildman–Crippen MR) is 123 cm³/mol. The van der Waals surface area contributed by atoms with Gasteiger partial charge in [0.1, 0.15) is 5.75 Å². The average molecular weight is 423 g/mol. The van der Waals surface area contributed by atoms with Crippen LogP contribution in [0.1, 0.15) is 42.7 Å².